The predicted octanol–water partition coefficient (Wildman–Crippen LogP) is 2.61. The first-order chi connectivity index (χ1) is 7.57. The first kappa shape index (κ1) is 15.8. The van der Waals surface area contributed by atoms with E-state index in [0.717, 1.165) is 31.6 Å². The number of rotatable bonds is 10. The van der Waals surface area contributed by atoms with Crippen molar-refractivity contribution in [3.05, 3.63) is 0 Å². The SMILES string of the molecule is CCSCCNC(C)CCCC(C)C(=O)O. The summed E-state index contributed by atoms with van der Waals surface area (Å²) in [6.45, 7) is 7.16. The van der Waals surface area contributed by atoms with Crippen LogP contribution in [0, 0.1) is 5.92 Å². The quantitative estimate of drug-likeness (QED) is 0.583. The minimum atomic E-state index is -0.681. The number of aliphatic carboxylic acids is 1. The maximum Gasteiger partial charge on any atom is 0.306 e. The maximum atomic E-state index is 10.6. The first-order valence-corrected chi connectivity index (χ1v) is 7.27. The molecule has 0 aliphatic rings. The van der Waals surface area contributed by atoms with Gasteiger partial charge in [0.2, 0.25) is 0 Å². The number of carbonyl (C=O) groups is 1. The molecule has 2 unspecified atom stereocenters. The van der Waals surface area contributed by atoms with Gasteiger partial charge in [0.15, 0.2) is 0 Å². The lowest BCUT2D eigenvalue weighted by Gasteiger charge is -2.14. The fourth-order valence-corrected chi connectivity index (χ4v) is 2.03. The molecular weight excluding hydrogens is 222 g/mol. The Bertz CT molecular complexity index is 188. The van der Waals surface area contributed by atoms with Crippen LogP contribution in [0.5, 0.6) is 0 Å². The summed E-state index contributed by atoms with van der Waals surface area (Å²) in [6.07, 6.45) is 2.84. The lowest BCUT2D eigenvalue weighted by Crippen LogP contribution is -2.28. The zero-order valence-electron chi connectivity index (χ0n) is 10.7. The monoisotopic (exact) mass is 247 g/mol. The molecule has 0 aliphatic carbocycles. The second kappa shape index (κ2) is 9.97. The van der Waals surface area contributed by atoms with Gasteiger partial charge in [0.05, 0.1) is 5.92 Å². The molecule has 0 saturated heterocycles. The second-order valence-electron chi connectivity index (χ2n) is 4.22. The van der Waals surface area contributed by atoms with Crippen molar-refractivity contribution in [1.82, 2.24) is 5.32 Å². The minimum Gasteiger partial charge on any atom is -0.481 e. The van der Waals surface area contributed by atoms with E-state index in [1.54, 1.807) is 6.92 Å². The van der Waals surface area contributed by atoms with Gasteiger partial charge in [0, 0.05) is 18.3 Å². The molecule has 0 rings (SSSR count). The fraction of sp³-hybridized carbons (Fsp3) is 0.917. The van der Waals surface area contributed by atoms with Crippen LogP contribution in [-0.2, 0) is 4.79 Å². The highest BCUT2D eigenvalue weighted by Crippen LogP contribution is 2.09. The highest BCUT2D eigenvalue weighted by Gasteiger charge is 2.10. The standard InChI is InChI=1S/C12H25NO2S/c1-4-16-9-8-13-11(3)7-5-6-10(2)12(14)15/h10-11,13H,4-9H2,1-3H3,(H,14,15). The van der Waals surface area contributed by atoms with Crippen LogP contribution in [0.2, 0.25) is 0 Å². The van der Waals surface area contributed by atoms with Crippen molar-refractivity contribution in [2.75, 3.05) is 18.1 Å². The lowest BCUT2D eigenvalue weighted by atomic mass is 10.0. The summed E-state index contributed by atoms with van der Waals surface area (Å²) in [6, 6.07) is 0.499. The van der Waals surface area contributed by atoms with Gasteiger partial charge in [-0.1, -0.05) is 20.3 Å². The Morgan fingerprint density at radius 1 is 1.38 bits per heavy atom. The normalized spacial score (nSPS) is 14.7. The Labute approximate surface area is 103 Å². The van der Waals surface area contributed by atoms with E-state index in [0.29, 0.717) is 6.04 Å². The van der Waals surface area contributed by atoms with Crippen molar-refractivity contribution in [1.29, 1.82) is 0 Å². The Kier molecular flexibility index (Phi) is 9.83. The molecule has 96 valence electrons. The molecule has 0 bridgehead atoms. The van der Waals surface area contributed by atoms with E-state index >= 15 is 0 Å². The van der Waals surface area contributed by atoms with E-state index in [1.807, 2.05) is 11.8 Å². The van der Waals surface area contributed by atoms with Gasteiger partial charge in [-0.05, 0) is 25.5 Å². The van der Waals surface area contributed by atoms with Gasteiger partial charge in [0.1, 0.15) is 0 Å². The van der Waals surface area contributed by atoms with Gasteiger partial charge in [-0.3, -0.25) is 4.79 Å². The molecule has 0 fully saturated rings. The van der Waals surface area contributed by atoms with Crippen LogP contribution in [0.15, 0.2) is 0 Å². The average molecular weight is 247 g/mol. The van der Waals surface area contributed by atoms with Crippen molar-refractivity contribution in [2.24, 2.45) is 5.92 Å². The Balaban J connectivity index is 3.36. The Morgan fingerprint density at radius 3 is 2.62 bits per heavy atom. The summed E-state index contributed by atoms with van der Waals surface area (Å²) in [5.74, 6) is 1.45. The fourth-order valence-electron chi connectivity index (χ4n) is 1.48. The Hall–Kier alpha value is -0.220. The molecule has 0 radical (unpaired) electrons. The van der Waals surface area contributed by atoms with Crippen molar-refractivity contribution in [2.45, 2.75) is 46.1 Å². The molecule has 0 spiro atoms. The summed E-state index contributed by atoms with van der Waals surface area (Å²) in [5, 5.41) is 12.2. The summed E-state index contributed by atoms with van der Waals surface area (Å²) in [7, 11) is 0. The van der Waals surface area contributed by atoms with Gasteiger partial charge in [-0.25, -0.2) is 0 Å². The summed E-state index contributed by atoms with van der Waals surface area (Å²) in [4.78, 5) is 10.6. The van der Waals surface area contributed by atoms with Gasteiger partial charge in [-0.2, -0.15) is 11.8 Å². The number of hydrogen-bond donors (Lipinski definition) is 2. The number of thioether (sulfide) groups is 1. The van der Waals surface area contributed by atoms with Crippen LogP contribution < -0.4 is 5.32 Å². The zero-order valence-corrected chi connectivity index (χ0v) is 11.5. The molecule has 16 heavy (non-hydrogen) atoms. The van der Waals surface area contributed by atoms with Crippen molar-refractivity contribution >= 4 is 17.7 Å². The Morgan fingerprint density at radius 2 is 2.06 bits per heavy atom. The molecule has 0 saturated carbocycles. The minimum absolute atomic E-state index is 0.206. The van der Waals surface area contributed by atoms with E-state index in [4.69, 9.17) is 5.11 Å². The second-order valence-corrected chi connectivity index (χ2v) is 5.62. The largest absolute Gasteiger partial charge is 0.481 e. The number of nitrogens with one attached hydrogen (secondary N) is 1. The van der Waals surface area contributed by atoms with Crippen LogP contribution in [0.3, 0.4) is 0 Å². The third kappa shape index (κ3) is 9.04. The van der Waals surface area contributed by atoms with E-state index in [-0.39, 0.29) is 5.92 Å². The van der Waals surface area contributed by atoms with Gasteiger partial charge < -0.3 is 10.4 Å². The van der Waals surface area contributed by atoms with Crippen molar-refractivity contribution in [3.8, 4) is 0 Å². The van der Waals surface area contributed by atoms with Crippen molar-refractivity contribution in [3.63, 3.8) is 0 Å². The number of hydrogen-bond acceptors (Lipinski definition) is 3. The van der Waals surface area contributed by atoms with E-state index in [2.05, 4.69) is 19.2 Å². The van der Waals surface area contributed by atoms with Crippen LogP contribution in [0.1, 0.15) is 40.0 Å². The van der Waals surface area contributed by atoms with Gasteiger partial charge in [-0.15, -0.1) is 0 Å². The van der Waals surface area contributed by atoms with Crippen LogP contribution >= 0.6 is 11.8 Å². The molecule has 2 N–H and O–H groups in total. The molecule has 0 heterocycles. The number of carboxylic acid groups (broad SMARTS) is 1. The molecule has 0 aromatic carbocycles. The van der Waals surface area contributed by atoms with Gasteiger partial charge >= 0.3 is 5.97 Å². The predicted molar refractivity (Wildman–Crippen MR) is 71.1 cm³/mol. The summed E-state index contributed by atoms with van der Waals surface area (Å²) in [5.41, 5.74) is 0. The highest BCUT2D eigenvalue weighted by atomic mass is 32.2. The molecule has 4 heteroatoms. The smallest absolute Gasteiger partial charge is 0.306 e. The molecule has 0 aliphatic heterocycles. The van der Waals surface area contributed by atoms with E-state index in [1.165, 1.54) is 5.75 Å². The van der Waals surface area contributed by atoms with E-state index in [9.17, 15) is 4.79 Å². The first-order valence-electron chi connectivity index (χ1n) is 6.11. The third-order valence-electron chi connectivity index (χ3n) is 2.64. The van der Waals surface area contributed by atoms with Gasteiger partial charge in [0.25, 0.3) is 0 Å². The molecule has 0 amide bonds. The molecule has 3 nitrogen and oxygen atoms in total. The lowest BCUT2D eigenvalue weighted by molar-refractivity contribution is -0.141. The highest BCUT2D eigenvalue weighted by molar-refractivity contribution is 7.99. The zero-order chi connectivity index (χ0) is 12.4. The average Bonchev–Trinajstić information content (AvgIpc) is 2.24. The van der Waals surface area contributed by atoms with Crippen molar-refractivity contribution < 1.29 is 9.90 Å². The van der Waals surface area contributed by atoms with Crippen LogP contribution in [0.4, 0.5) is 0 Å². The molecule has 0 aromatic rings. The molecule has 0 aromatic heterocycles. The topological polar surface area (TPSA) is 49.3 Å². The van der Waals surface area contributed by atoms with E-state index < -0.39 is 5.97 Å². The maximum absolute atomic E-state index is 10.6. The summed E-state index contributed by atoms with van der Waals surface area (Å²) < 4.78 is 0. The molecular formula is C12H25NO2S. The summed E-state index contributed by atoms with van der Waals surface area (Å²) >= 11 is 1.94. The van der Waals surface area contributed by atoms with Crippen LogP contribution in [-0.4, -0.2) is 35.2 Å². The molecule has 2 atom stereocenters. The number of carboxylic acids is 1. The third-order valence-corrected chi connectivity index (χ3v) is 3.54. The van der Waals surface area contributed by atoms with Crippen LogP contribution in [0.25, 0.3) is 0 Å².